The lowest BCUT2D eigenvalue weighted by Gasteiger charge is -2.39. The summed E-state index contributed by atoms with van der Waals surface area (Å²) in [6.07, 6.45) is 7.80. The summed E-state index contributed by atoms with van der Waals surface area (Å²) in [6.45, 7) is 8.44. The topological polar surface area (TPSA) is 137 Å². The first-order valence-electron chi connectivity index (χ1n) is 20.2. The lowest BCUT2D eigenvalue weighted by molar-refractivity contribution is -0.0925. The van der Waals surface area contributed by atoms with E-state index in [1.165, 1.54) is 10.8 Å². The zero-order valence-electron chi connectivity index (χ0n) is 35.3. The van der Waals surface area contributed by atoms with Gasteiger partial charge < -0.3 is 28.0 Å². The number of benzene rings is 3. The largest absolute Gasteiger partial charge is 0.497 e. The third-order valence-electron chi connectivity index (χ3n) is 10.1. The molecular formula is C47H55N4O8P. The first-order valence-corrected chi connectivity index (χ1v) is 21.4. The molecule has 1 N–H and O–H groups in total. The van der Waals surface area contributed by atoms with Crippen LogP contribution >= 0.6 is 8.53 Å². The van der Waals surface area contributed by atoms with E-state index in [2.05, 4.69) is 61.2 Å². The first-order chi connectivity index (χ1) is 29.1. The van der Waals surface area contributed by atoms with Gasteiger partial charge in [0.15, 0.2) is 0 Å². The lowest BCUT2D eigenvalue weighted by Crippen LogP contribution is -2.39. The number of methoxy groups -OCH3 is 2. The number of aromatic amines is 1. The molecule has 60 heavy (non-hydrogen) atoms. The number of ether oxygens (including phenoxy) is 4. The number of nitriles is 1. The number of H-pyrrole nitrogens is 1. The van der Waals surface area contributed by atoms with Crippen molar-refractivity contribution in [2.24, 2.45) is 0 Å². The summed E-state index contributed by atoms with van der Waals surface area (Å²) in [5.41, 5.74) is 0.279. The Labute approximate surface area is 354 Å². The molecule has 13 heteroatoms. The molecular weight excluding hydrogens is 780 g/mol. The van der Waals surface area contributed by atoms with Crippen LogP contribution in [0.5, 0.6) is 11.5 Å². The van der Waals surface area contributed by atoms with Gasteiger partial charge in [0.05, 0.1) is 46.0 Å². The number of nitrogens with zero attached hydrogens (tertiary/aromatic N) is 3. The first kappa shape index (κ1) is 45.9. The molecule has 1 fully saturated rings. The van der Waals surface area contributed by atoms with Gasteiger partial charge in [0.25, 0.3) is 14.1 Å². The average molecular weight is 835 g/mol. The monoisotopic (exact) mass is 834 g/mol. The molecule has 1 unspecified atom stereocenters. The minimum absolute atomic E-state index is 0.00126. The summed E-state index contributed by atoms with van der Waals surface area (Å²) in [7, 11) is 1.53. The molecule has 12 nitrogen and oxygen atoms in total. The maximum absolute atomic E-state index is 13.5. The molecule has 0 amide bonds. The summed E-state index contributed by atoms with van der Waals surface area (Å²) in [5.74, 6) is 9.98. The lowest BCUT2D eigenvalue weighted by atomic mass is 9.80. The quantitative estimate of drug-likeness (QED) is 0.0403. The van der Waals surface area contributed by atoms with Crippen molar-refractivity contribution < 1.29 is 28.0 Å². The molecule has 1 saturated heterocycles. The maximum atomic E-state index is 13.5. The van der Waals surface area contributed by atoms with Crippen LogP contribution < -0.4 is 20.7 Å². The van der Waals surface area contributed by atoms with E-state index in [9.17, 15) is 14.9 Å². The van der Waals surface area contributed by atoms with E-state index in [1.54, 1.807) is 14.2 Å². The highest BCUT2D eigenvalue weighted by atomic mass is 31.2. The number of terminal acetylenes is 1. The number of hydrogen-bond acceptors (Lipinski definition) is 10. The fraction of sp³-hybridized carbons (Fsp3) is 0.426. The highest BCUT2D eigenvalue weighted by molar-refractivity contribution is 7.44. The number of hydrogen-bond donors (Lipinski definition) is 1. The van der Waals surface area contributed by atoms with Crippen LogP contribution in [0.15, 0.2) is 94.6 Å². The van der Waals surface area contributed by atoms with Crippen LogP contribution in [0, 0.1) is 35.5 Å². The van der Waals surface area contributed by atoms with E-state index in [-0.39, 0.29) is 43.7 Å². The van der Waals surface area contributed by atoms with E-state index >= 15 is 0 Å². The van der Waals surface area contributed by atoms with Crippen LogP contribution in [0.2, 0.25) is 0 Å². The molecule has 2 heterocycles. The Bertz CT molecular complexity index is 2180. The van der Waals surface area contributed by atoms with Crippen LogP contribution in [0.3, 0.4) is 0 Å². The van der Waals surface area contributed by atoms with Gasteiger partial charge in [-0.2, -0.15) is 5.26 Å². The Morgan fingerprint density at radius 3 is 2.07 bits per heavy atom. The van der Waals surface area contributed by atoms with E-state index in [0.29, 0.717) is 24.3 Å². The van der Waals surface area contributed by atoms with Crippen molar-refractivity contribution in [3.8, 4) is 41.8 Å². The Balaban J connectivity index is 1.59. The number of aromatic nitrogens is 2. The third-order valence-corrected chi connectivity index (χ3v) is 12.2. The van der Waals surface area contributed by atoms with Gasteiger partial charge in [-0.25, -0.2) is 9.46 Å². The van der Waals surface area contributed by atoms with Crippen LogP contribution in [0.4, 0.5) is 0 Å². The molecule has 4 aromatic rings. The second-order valence-electron chi connectivity index (χ2n) is 14.8. The van der Waals surface area contributed by atoms with Crippen LogP contribution in [0.25, 0.3) is 0 Å². The fourth-order valence-corrected chi connectivity index (χ4v) is 8.97. The Kier molecular flexibility index (Phi) is 17.1. The van der Waals surface area contributed by atoms with Gasteiger partial charge in [0.1, 0.15) is 35.0 Å². The predicted molar refractivity (Wildman–Crippen MR) is 232 cm³/mol. The Morgan fingerprint density at radius 2 is 1.50 bits per heavy atom. The molecule has 1 aliphatic heterocycles. The summed E-state index contributed by atoms with van der Waals surface area (Å²) >= 11 is 0. The second kappa shape index (κ2) is 22.4. The van der Waals surface area contributed by atoms with Gasteiger partial charge in [-0.15, -0.1) is 12.3 Å². The van der Waals surface area contributed by atoms with Gasteiger partial charge in [-0.3, -0.25) is 14.3 Å². The zero-order valence-corrected chi connectivity index (χ0v) is 36.2. The summed E-state index contributed by atoms with van der Waals surface area (Å²) in [5, 5.41) is 9.38. The molecule has 316 valence electrons. The normalized spacial score (nSPS) is 16.9. The summed E-state index contributed by atoms with van der Waals surface area (Å²) in [6, 6.07) is 27.6. The molecule has 0 bridgehead atoms. The van der Waals surface area contributed by atoms with Gasteiger partial charge in [0, 0.05) is 37.5 Å². The minimum atomic E-state index is -1.72. The molecule has 3 aromatic carbocycles. The zero-order chi connectivity index (χ0) is 43.1. The standard InChI is InChI=1S/C47H55N4O8P/c1-8-9-10-11-12-14-18-36-32-50(46(53)49-45(36)52)44-31-42(59-60(57-30-17-29-48)51(34(2)3)35(4)5)43(58-44)33-56-47(37-19-15-13-16-20-37,38-21-25-40(54-6)26-22-38)39-23-27-41(55-7)28-24-39/h1,13,15-16,19-28,32,34-35,42-44H,9-12,17,30-31,33H2,2-7H3,(H,49,52,53)/t42-,43+,44+,60?/m0/s1. The Morgan fingerprint density at radius 1 is 0.900 bits per heavy atom. The average Bonchev–Trinajstić information content (AvgIpc) is 3.65. The second-order valence-corrected chi connectivity index (χ2v) is 16.2. The highest BCUT2D eigenvalue weighted by Gasteiger charge is 2.45. The molecule has 4 atom stereocenters. The Hall–Kier alpha value is -5.22. The third kappa shape index (κ3) is 11.3. The van der Waals surface area contributed by atoms with Crippen molar-refractivity contribution in [2.75, 3.05) is 27.4 Å². The number of unbranched alkanes of at least 4 members (excludes halogenated alkanes) is 3. The molecule has 0 radical (unpaired) electrons. The van der Waals surface area contributed by atoms with Crippen molar-refractivity contribution in [3.05, 3.63) is 128 Å². The number of nitrogens with one attached hydrogen (secondary N) is 1. The maximum Gasteiger partial charge on any atom is 0.330 e. The van der Waals surface area contributed by atoms with Crippen LogP contribution in [-0.4, -0.2) is 65.9 Å². The highest BCUT2D eigenvalue weighted by Crippen LogP contribution is 2.50. The van der Waals surface area contributed by atoms with Crippen molar-refractivity contribution >= 4 is 8.53 Å². The molecule has 0 aliphatic carbocycles. The van der Waals surface area contributed by atoms with E-state index in [1.807, 2.05) is 78.9 Å². The van der Waals surface area contributed by atoms with E-state index < -0.39 is 43.8 Å². The van der Waals surface area contributed by atoms with Gasteiger partial charge in [-0.05, 0) is 81.5 Å². The molecule has 0 spiro atoms. The predicted octanol–water partition coefficient (Wildman–Crippen LogP) is 8.06. The van der Waals surface area contributed by atoms with Crippen molar-refractivity contribution in [1.29, 1.82) is 5.26 Å². The number of rotatable bonds is 20. The van der Waals surface area contributed by atoms with Crippen molar-refractivity contribution in [1.82, 2.24) is 14.2 Å². The minimum Gasteiger partial charge on any atom is -0.497 e. The fourth-order valence-electron chi connectivity index (χ4n) is 7.21. The van der Waals surface area contributed by atoms with Crippen molar-refractivity contribution in [3.63, 3.8) is 0 Å². The molecule has 1 aromatic heterocycles. The summed E-state index contributed by atoms with van der Waals surface area (Å²) in [4.78, 5) is 28.9. The smallest absolute Gasteiger partial charge is 0.330 e. The summed E-state index contributed by atoms with van der Waals surface area (Å²) < 4.78 is 41.9. The van der Waals surface area contributed by atoms with Crippen molar-refractivity contribution in [2.45, 2.75) is 102 Å². The van der Waals surface area contributed by atoms with Gasteiger partial charge in [0.2, 0.25) is 0 Å². The molecule has 1 aliphatic rings. The van der Waals surface area contributed by atoms with E-state index in [0.717, 1.165) is 29.5 Å². The van der Waals surface area contributed by atoms with Crippen LogP contribution in [-0.2, 0) is 24.1 Å². The molecule has 0 saturated carbocycles. The van der Waals surface area contributed by atoms with E-state index in [4.69, 9.17) is 34.4 Å². The molecule has 5 rings (SSSR count). The van der Waals surface area contributed by atoms with Gasteiger partial charge in [-0.1, -0.05) is 66.4 Å². The van der Waals surface area contributed by atoms with Gasteiger partial charge >= 0.3 is 5.69 Å². The van der Waals surface area contributed by atoms with Crippen LogP contribution in [0.1, 0.15) is 94.7 Å². The SMILES string of the molecule is C#CCCCCC#Cc1cn([C@H]2C[C@H](OP(OCCC#N)N(C(C)C)C(C)C)[C@@H](COC(c3ccccc3)(c3ccc(OC)cc3)c3ccc(OC)cc3)O2)c(=O)[nH]c1=O.